The van der Waals surface area contributed by atoms with E-state index in [2.05, 4.69) is 24.5 Å². The molecule has 0 saturated heterocycles. The Labute approximate surface area is 211 Å². The van der Waals surface area contributed by atoms with Gasteiger partial charge in [-0.3, -0.25) is 4.79 Å². The zero-order chi connectivity index (χ0) is 26.0. The maximum Gasteiger partial charge on any atom is 0.341 e. The van der Waals surface area contributed by atoms with E-state index >= 15 is 0 Å². The standard InChI is InChI=1S/C25H34N2O6S2/c1-7-33-23(29)20-18-15-24(2,3)27-25(4,5)21(18)34-22(20)26-19(28)9-8-14-35(30,31)17-12-10-16(32-6)11-13-17/h10-13,27H,7-9,14-15H2,1-6H3,(H,26,28). The zero-order valence-electron chi connectivity index (χ0n) is 21.1. The SMILES string of the molecule is CCOC(=O)c1c(NC(=O)CCCS(=O)(=O)c2ccc(OC)cc2)sc2c1CC(C)(C)NC2(C)C. The zero-order valence-corrected chi connectivity index (χ0v) is 22.7. The van der Waals surface area contributed by atoms with Crippen molar-refractivity contribution >= 4 is 38.1 Å². The number of rotatable bonds is 9. The van der Waals surface area contributed by atoms with Gasteiger partial charge < -0.3 is 20.1 Å². The fourth-order valence-corrected chi connectivity index (χ4v) is 7.14. The molecule has 192 valence electrons. The van der Waals surface area contributed by atoms with E-state index in [4.69, 9.17) is 9.47 Å². The van der Waals surface area contributed by atoms with Crippen LogP contribution in [0, 0.1) is 0 Å². The highest BCUT2D eigenvalue weighted by Gasteiger charge is 2.42. The van der Waals surface area contributed by atoms with E-state index in [1.54, 1.807) is 19.1 Å². The van der Waals surface area contributed by atoms with Crippen molar-refractivity contribution in [1.29, 1.82) is 0 Å². The molecule has 1 aliphatic heterocycles. The number of amides is 1. The molecule has 2 heterocycles. The number of thiophene rings is 1. The molecule has 0 aliphatic carbocycles. The summed E-state index contributed by atoms with van der Waals surface area (Å²) in [6, 6.07) is 6.17. The lowest BCUT2D eigenvalue weighted by Gasteiger charge is -2.42. The molecule has 0 bridgehead atoms. The lowest BCUT2D eigenvalue weighted by Crippen LogP contribution is -2.55. The monoisotopic (exact) mass is 522 g/mol. The van der Waals surface area contributed by atoms with E-state index in [1.165, 1.54) is 30.6 Å². The lowest BCUT2D eigenvalue weighted by molar-refractivity contribution is -0.116. The van der Waals surface area contributed by atoms with Crippen LogP contribution in [-0.4, -0.2) is 45.3 Å². The summed E-state index contributed by atoms with van der Waals surface area (Å²) in [5, 5.41) is 6.90. The van der Waals surface area contributed by atoms with Gasteiger partial charge in [-0.25, -0.2) is 13.2 Å². The number of fused-ring (bicyclic) bond motifs is 1. The minimum Gasteiger partial charge on any atom is -0.497 e. The van der Waals surface area contributed by atoms with Gasteiger partial charge >= 0.3 is 5.97 Å². The Morgan fingerprint density at radius 1 is 1.14 bits per heavy atom. The molecule has 0 saturated carbocycles. The van der Waals surface area contributed by atoms with Crippen LogP contribution in [-0.2, 0) is 31.3 Å². The average Bonchev–Trinajstić information content (AvgIpc) is 3.10. The molecule has 2 N–H and O–H groups in total. The summed E-state index contributed by atoms with van der Waals surface area (Å²) in [6.07, 6.45) is 0.778. The van der Waals surface area contributed by atoms with Gasteiger partial charge in [0.1, 0.15) is 10.8 Å². The van der Waals surface area contributed by atoms with Gasteiger partial charge in [0.05, 0.1) is 29.9 Å². The third-order valence-electron chi connectivity index (χ3n) is 5.81. The van der Waals surface area contributed by atoms with Crippen molar-refractivity contribution in [3.8, 4) is 5.75 Å². The van der Waals surface area contributed by atoms with Gasteiger partial charge in [-0.15, -0.1) is 11.3 Å². The van der Waals surface area contributed by atoms with Gasteiger partial charge in [-0.1, -0.05) is 0 Å². The quantitative estimate of drug-likeness (QED) is 0.473. The fraction of sp³-hybridized carbons (Fsp3) is 0.520. The number of benzene rings is 1. The second kappa shape index (κ2) is 10.3. The fourth-order valence-electron chi connectivity index (χ4n) is 4.55. The highest BCUT2D eigenvalue weighted by Crippen LogP contribution is 2.45. The molecule has 1 aliphatic rings. The van der Waals surface area contributed by atoms with Gasteiger partial charge in [0.25, 0.3) is 0 Å². The van der Waals surface area contributed by atoms with Crippen LogP contribution in [0.2, 0.25) is 0 Å². The van der Waals surface area contributed by atoms with E-state index in [0.29, 0.717) is 22.7 Å². The van der Waals surface area contributed by atoms with Crippen molar-refractivity contribution in [2.24, 2.45) is 0 Å². The normalized spacial score (nSPS) is 16.3. The topological polar surface area (TPSA) is 111 Å². The van der Waals surface area contributed by atoms with Gasteiger partial charge in [-0.2, -0.15) is 0 Å². The van der Waals surface area contributed by atoms with Crippen molar-refractivity contribution < 1.29 is 27.5 Å². The molecule has 0 atom stereocenters. The summed E-state index contributed by atoms with van der Waals surface area (Å²) in [7, 11) is -2.02. The number of nitrogens with one attached hydrogen (secondary N) is 2. The maximum atomic E-state index is 12.9. The Kier molecular flexibility index (Phi) is 7.98. The summed E-state index contributed by atoms with van der Waals surface area (Å²) in [4.78, 5) is 26.8. The largest absolute Gasteiger partial charge is 0.497 e. The molecule has 0 spiro atoms. The van der Waals surface area contributed by atoms with Crippen molar-refractivity contribution in [3.05, 3.63) is 40.3 Å². The number of sulfone groups is 1. The van der Waals surface area contributed by atoms with Crippen molar-refractivity contribution in [2.45, 2.75) is 69.9 Å². The first-order valence-electron chi connectivity index (χ1n) is 11.6. The molecule has 3 rings (SSSR count). The average molecular weight is 523 g/mol. The molecule has 35 heavy (non-hydrogen) atoms. The third kappa shape index (κ3) is 6.23. The van der Waals surface area contributed by atoms with Crippen molar-refractivity contribution in [1.82, 2.24) is 5.32 Å². The summed E-state index contributed by atoms with van der Waals surface area (Å²) in [5.41, 5.74) is 0.655. The third-order valence-corrected chi connectivity index (χ3v) is 9.10. The van der Waals surface area contributed by atoms with Crippen LogP contribution in [0.25, 0.3) is 0 Å². The van der Waals surface area contributed by atoms with Gasteiger partial charge in [0, 0.05) is 22.4 Å². The van der Waals surface area contributed by atoms with E-state index in [-0.39, 0.29) is 41.5 Å². The minimum atomic E-state index is -3.53. The summed E-state index contributed by atoms with van der Waals surface area (Å²) >= 11 is 1.37. The first-order valence-corrected chi connectivity index (χ1v) is 14.1. The number of hydrogen-bond acceptors (Lipinski definition) is 8. The van der Waals surface area contributed by atoms with Crippen molar-refractivity contribution in [2.75, 3.05) is 24.8 Å². The molecule has 1 aromatic carbocycles. The molecule has 0 unspecified atom stereocenters. The molecule has 0 radical (unpaired) electrons. The molecule has 0 fully saturated rings. The maximum absolute atomic E-state index is 12.9. The Morgan fingerprint density at radius 2 is 1.80 bits per heavy atom. The number of carbonyl (C=O) groups excluding carboxylic acids is 2. The number of ether oxygens (including phenoxy) is 2. The van der Waals surface area contributed by atoms with Crippen LogP contribution in [0.1, 0.15) is 68.3 Å². The predicted octanol–water partition coefficient (Wildman–Crippen LogP) is 4.29. The second-order valence-corrected chi connectivity index (χ2v) is 12.9. The van der Waals surface area contributed by atoms with Crippen LogP contribution in [0.4, 0.5) is 5.00 Å². The van der Waals surface area contributed by atoms with Gasteiger partial charge in [-0.05, 0) is 77.3 Å². The number of hydrogen-bond donors (Lipinski definition) is 2. The summed E-state index contributed by atoms with van der Waals surface area (Å²) in [5.74, 6) is -0.398. The summed E-state index contributed by atoms with van der Waals surface area (Å²) < 4.78 is 35.6. The van der Waals surface area contributed by atoms with E-state index in [1.807, 2.05) is 13.8 Å². The highest BCUT2D eigenvalue weighted by atomic mass is 32.2. The molecule has 8 nitrogen and oxygen atoms in total. The summed E-state index contributed by atoms with van der Waals surface area (Å²) in [6.45, 7) is 10.2. The van der Waals surface area contributed by atoms with Crippen LogP contribution in [0.5, 0.6) is 5.75 Å². The van der Waals surface area contributed by atoms with Gasteiger partial charge in [0.15, 0.2) is 9.84 Å². The smallest absolute Gasteiger partial charge is 0.341 e. The van der Waals surface area contributed by atoms with Crippen LogP contribution >= 0.6 is 11.3 Å². The molecule has 1 aromatic heterocycles. The van der Waals surface area contributed by atoms with Crippen LogP contribution < -0.4 is 15.4 Å². The first-order chi connectivity index (χ1) is 16.3. The van der Waals surface area contributed by atoms with Crippen molar-refractivity contribution in [3.63, 3.8) is 0 Å². The first kappa shape index (κ1) is 27.2. The number of esters is 1. The lowest BCUT2D eigenvalue weighted by atomic mass is 9.81. The Balaban J connectivity index is 1.75. The molecule has 1 amide bonds. The Bertz CT molecular complexity index is 1200. The van der Waals surface area contributed by atoms with Gasteiger partial charge in [0.2, 0.25) is 5.91 Å². The molecule has 2 aromatic rings. The van der Waals surface area contributed by atoms with E-state index < -0.39 is 21.3 Å². The molecular formula is C25H34N2O6S2. The Morgan fingerprint density at radius 3 is 2.40 bits per heavy atom. The highest BCUT2D eigenvalue weighted by molar-refractivity contribution is 7.91. The number of methoxy groups -OCH3 is 1. The molecule has 10 heteroatoms. The number of carbonyl (C=O) groups is 2. The van der Waals surface area contributed by atoms with Crippen LogP contribution in [0.3, 0.4) is 0 Å². The van der Waals surface area contributed by atoms with E-state index in [9.17, 15) is 18.0 Å². The molecular weight excluding hydrogens is 488 g/mol. The minimum absolute atomic E-state index is 0.00729. The number of anilines is 1. The second-order valence-electron chi connectivity index (χ2n) is 9.79. The van der Waals surface area contributed by atoms with Crippen LogP contribution in [0.15, 0.2) is 29.2 Å². The van der Waals surface area contributed by atoms with E-state index in [0.717, 1.165) is 10.4 Å². The predicted molar refractivity (Wildman–Crippen MR) is 137 cm³/mol. The Hall–Kier alpha value is -2.43.